The molecule has 25 heavy (non-hydrogen) atoms. The Morgan fingerprint density at radius 1 is 1.08 bits per heavy atom. The molecule has 0 aliphatic carbocycles. The fourth-order valence-electron chi connectivity index (χ4n) is 2.39. The van der Waals surface area contributed by atoms with E-state index in [1.54, 1.807) is 24.3 Å². The largest absolute Gasteiger partial charge is 0.361 e. The van der Waals surface area contributed by atoms with Crippen LogP contribution in [-0.2, 0) is 11.2 Å². The van der Waals surface area contributed by atoms with Crippen molar-refractivity contribution in [1.29, 1.82) is 0 Å². The average Bonchev–Trinajstić information content (AvgIpc) is 2.85. The van der Waals surface area contributed by atoms with Gasteiger partial charge >= 0.3 is 6.03 Å². The molecule has 0 spiro atoms. The van der Waals surface area contributed by atoms with Crippen LogP contribution in [0.1, 0.15) is 37.3 Å². The summed E-state index contributed by atoms with van der Waals surface area (Å²) in [6.07, 6.45) is 0.932. The first-order valence-electron chi connectivity index (χ1n) is 8.24. The van der Waals surface area contributed by atoms with Gasteiger partial charge in [-0.1, -0.05) is 5.16 Å². The molecule has 1 heterocycles. The molecule has 0 atom stereocenters. The fraction of sp³-hybridized carbons (Fsp3) is 0.389. The van der Waals surface area contributed by atoms with Crippen molar-refractivity contribution in [2.45, 2.75) is 46.6 Å². The van der Waals surface area contributed by atoms with E-state index in [2.05, 4.69) is 21.1 Å². The predicted molar refractivity (Wildman–Crippen MR) is 96.7 cm³/mol. The van der Waals surface area contributed by atoms with Crippen LogP contribution in [0.25, 0.3) is 0 Å². The Morgan fingerprint density at radius 3 is 2.20 bits per heavy atom. The molecule has 0 aliphatic rings. The summed E-state index contributed by atoms with van der Waals surface area (Å²) in [5, 5.41) is 12.2. The lowest BCUT2D eigenvalue weighted by Gasteiger charge is -2.11. The number of nitrogens with zero attached hydrogens (tertiary/aromatic N) is 1. The highest BCUT2D eigenvalue weighted by Gasteiger charge is 2.11. The quantitative estimate of drug-likeness (QED) is 0.748. The highest BCUT2D eigenvalue weighted by molar-refractivity contribution is 5.92. The van der Waals surface area contributed by atoms with Crippen LogP contribution in [0.15, 0.2) is 28.8 Å². The minimum atomic E-state index is -0.258. The van der Waals surface area contributed by atoms with Crippen molar-refractivity contribution in [3.8, 4) is 0 Å². The molecule has 3 N–H and O–H groups in total. The van der Waals surface area contributed by atoms with E-state index in [4.69, 9.17) is 4.52 Å². The third-order valence-electron chi connectivity index (χ3n) is 3.63. The second-order valence-corrected chi connectivity index (χ2v) is 6.18. The van der Waals surface area contributed by atoms with Gasteiger partial charge in [-0.15, -0.1) is 0 Å². The number of carbonyl (C=O) groups is 2. The molecule has 7 heteroatoms. The number of anilines is 2. The smallest absolute Gasteiger partial charge is 0.319 e. The van der Waals surface area contributed by atoms with E-state index in [9.17, 15) is 9.59 Å². The number of urea groups is 1. The van der Waals surface area contributed by atoms with Crippen LogP contribution >= 0.6 is 0 Å². The first-order valence-corrected chi connectivity index (χ1v) is 8.24. The Balaban J connectivity index is 1.84. The zero-order chi connectivity index (χ0) is 18.4. The first-order chi connectivity index (χ1) is 11.8. The lowest BCUT2D eigenvalue weighted by Crippen LogP contribution is -2.34. The summed E-state index contributed by atoms with van der Waals surface area (Å²) in [6, 6.07) is 6.79. The van der Waals surface area contributed by atoms with Gasteiger partial charge in [0.15, 0.2) is 0 Å². The first kappa shape index (κ1) is 18.5. The van der Waals surface area contributed by atoms with Gasteiger partial charge in [-0.05, 0) is 58.4 Å². The topological polar surface area (TPSA) is 96.3 Å². The monoisotopic (exact) mass is 344 g/mol. The molecule has 0 fully saturated rings. The number of hydrogen-bond donors (Lipinski definition) is 3. The molecule has 0 bridgehead atoms. The van der Waals surface area contributed by atoms with E-state index < -0.39 is 0 Å². The Hall–Kier alpha value is -2.83. The van der Waals surface area contributed by atoms with Gasteiger partial charge in [-0.25, -0.2) is 4.79 Å². The zero-order valence-electron chi connectivity index (χ0n) is 15.0. The van der Waals surface area contributed by atoms with E-state index in [0.29, 0.717) is 24.2 Å². The minimum absolute atomic E-state index is 0.0660. The molecule has 2 rings (SSSR count). The number of rotatable bonds is 6. The molecule has 134 valence electrons. The maximum Gasteiger partial charge on any atom is 0.319 e. The van der Waals surface area contributed by atoms with Crippen molar-refractivity contribution in [3.05, 3.63) is 41.3 Å². The Kier molecular flexibility index (Phi) is 6.16. The minimum Gasteiger partial charge on any atom is -0.361 e. The van der Waals surface area contributed by atoms with Crippen LogP contribution in [0.4, 0.5) is 16.2 Å². The number of benzene rings is 1. The lowest BCUT2D eigenvalue weighted by atomic mass is 10.1. The third kappa shape index (κ3) is 5.63. The van der Waals surface area contributed by atoms with Crippen LogP contribution in [0.2, 0.25) is 0 Å². The van der Waals surface area contributed by atoms with Gasteiger partial charge in [0.05, 0.1) is 5.69 Å². The molecule has 0 radical (unpaired) electrons. The molecule has 1 aromatic heterocycles. The summed E-state index contributed by atoms with van der Waals surface area (Å²) in [7, 11) is 0. The molecular weight excluding hydrogens is 320 g/mol. The molecule has 0 unspecified atom stereocenters. The Bertz CT molecular complexity index is 716. The molecule has 3 amide bonds. The van der Waals surface area contributed by atoms with Gasteiger partial charge < -0.3 is 20.5 Å². The summed E-state index contributed by atoms with van der Waals surface area (Å²) in [5.41, 5.74) is 3.14. The Labute approximate surface area is 147 Å². The van der Waals surface area contributed by atoms with Crippen LogP contribution in [-0.4, -0.2) is 23.1 Å². The lowest BCUT2D eigenvalue weighted by molar-refractivity contribution is -0.116. The van der Waals surface area contributed by atoms with E-state index in [0.717, 1.165) is 17.0 Å². The van der Waals surface area contributed by atoms with Crippen molar-refractivity contribution in [1.82, 2.24) is 10.5 Å². The number of amides is 3. The molecular formula is C18H24N4O3. The second kappa shape index (κ2) is 8.32. The second-order valence-electron chi connectivity index (χ2n) is 6.18. The van der Waals surface area contributed by atoms with Gasteiger partial charge in [0.1, 0.15) is 5.76 Å². The molecule has 7 nitrogen and oxygen atoms in total. The highest BCUT2D eigenvalue weighted by atomic mass is 16.5. The summed E-state index contributed by atoms with van der Waals surface area (Å²) in [4.78, 5) is 23.7. The van der Waals surface area contributed by atoms with Gasteiger partial charge in [-0.3, -0.25) is 4.79 Å². The standard InChI is InChI=1S/C18H24N4O3/c1-11(2)19-18(24)21-15-7-5-14(6-8-15)20-17(23)10-9-16-12(3)22-25-13(16)4/h5-8,11H,9-10H2,1-4H3,(H,20,23)(H2,19,21,24). The van der Waals surface area contributed by atoms with Gasteiger partial charge in [0.25, 0.3) is 0 Å². The fourth-order valence-corrected chi connectivity index (χ4v) is 2.39. The van der Waals surface area contributed by atoms with Crippen LogP contribution in [0, 0.1) is 13.8 Å². The number of aryl methyl sites for hydroxylation is 2. The molecule has 2 aromatic rings. The summed E-state index contributed by atoms with van der Waals surface area (Å²) in [5.74, 6) is 0.665. The van der Waals surface area contributed by atoms with E-state index >= 15 is 0 Å². The van der Waals surface area contributed by atoms with Gasteiger partial charge in [0.2, 0.25) is 5.91 Å². The molecule has 1 aromatic carbocycles. The van der Waals surface area contributed by atoms with E-state index in [1.807, 2.05) is 27.7 Å². The molecule has 0 saturated heterocycles. The molecule has 0 aliphatic heterocycles. The van der Waals surface area contributed by atoms with Gasteiger partial charge in [-0.2, -0.15) is 0 Å². The van der Waals surface area contributed by atoms with Crippen LogP contribution in [0.3, 0.4) is 0 Å². The van der Waals surface area contributed by atoms with E-state index in [-0.39, 0.29) is 18.0 Å². The normalized spacial score (nSPS) is 10.6. The number of aromatic nitrogens is 1. The number of nitrogens with one attached hydrogen (secondary N) is 3. The third-order valence-corrected chi connectivity index (χ3v) is 3.63. The SMILES string of the molecule is Cc1noc(C)c1CCC(=O)Nc1ccc(NC(=O)NC(C)C)cc1. The average molecular weight is 344 g/mol. The summed E-state index contributed by atoms with van der Waals surface area (Å²) < 4.78 is 5.09. The maximum atomic E-state index is 12.1. The number of carbonyl (C=O) groups excluding carboxylic acids is 2. The summed E-state index contributed by atoms with van der Waals surface area (Å²) in [6.45, 7) is 7.49. The van der Waals surface area contributed by atoms with Crippen molar-refractivity contribution in [2.75, 3.05) is 10.6 Å². The van der Waals surface area contributed by atoms with Crippen molar-refractivity contribution in [3.63, 3.8) is 0 Å². The predicted octanol–water partition coefficient (Wildman–Crippen LogP) is 3.39. The van der Waals surface area contributed by atoms with Crippen LogP contribution in [0.5, 0.6) is 0 Å². The highest BCUT2D eigenvalue weighted by Crippen LogP contribution is 2.16. The van der Waals surface area contributed by atoms with Gasteiger partial charge in [0, 0.05) is 29.4 Å². The van der Waals surface area contributed by atoms with Crippen molar-refractivity contribution >= 4 is 23.3 Å². The zero-order valence-corrected chi connectivity index (χ0v) is 15.0. The summed E-state index contributed by atoms with van der Waals surface area (Å²) >= 11 is 0. The number of hydrogen-bond acceptors (Lipinski definition) is 4. The Morgan fingerprint density at radius 2 is 1.68 bits per heavy atom. The molecule has 0 saturated carbocycles. The van der Waals surface area contributed by atoms with Crippen molar-refractivity contribution < 1.29 is 14.1 Å². The van der Waals surface area contributed by atoms with E-state index in [1.165, 1.54) is 0 Å². The maximum absolute atomic E-state index is 12.1. The van der Waals surface area contributed by atoms with Crippen LogP contribution < -0.4 is 16.0 Å². The van der Waals surface area contributed by atoms with Crippen molar-refractivity contribution in [2.24, 2.45) is 0 Å².